The maximum absolute atomic E-state index is 14.5. The van der Waals surface area contributed by atoms with Crippen LogP contribution in [0.1, 0.15) is 22.8 Å². The smallest absolute Gasteiger partial charge is 0.342 e. The molecular weight excluding hydrogens is 333 g/mol. The van der Waals surface area contributed by atoms with Gasteiger partial charge in [-0.2, -0.15) is 0 Å². The first-order valence-corrected chi connectivity index (χ1v) is 7.90. The molecule has 126 valence electrons. The molecule has 0 atom stereocenters. The minimum Gasteiger partial charge on any atom is -0.465 e. The molecule has 2 aromatic rings. The van der Waals surface area contributed by atoms with E-state index in [0.29, 0.717) is 5.56 Å². The van der Waals surface area contributed by atoms with Gasteiger partial charge in [-0.25, -0.2) is 9.18 Å². The zero-order valence-electron chi connectivity index (χ0n) is 13.4. The largest absolute Gasteiger partial charge is 0.465 e. The third-order valence-electron chi connectivity index (χ3n) is 3.54. The SMILES string of the molecule is CCc1cccc(-c2cc(F)c(C(=O)OC)c(NC(=O)CCl)c2)c1. The van der Waals surface area contributed by atoms with Gasteiger partial charge in [0.25, 0.3) is 0 Å². The van der Waals surface area contributed by atoms with Crippen LogP contribution in [0.2, 0.25) is 0 Å². The van der Waals surface area contributed by atoms with Gasteiger partial charge < -0.3 is 10.1 Å². The maximum Gasteiger partial charge on any atom is 0.342 e. The van der Waals surface area contributed by atoms with Gasteiger partial charge in [0.15, 0.2) is 0 Å². The number of anilines is 1. The van der Waals surface area contributed by atoms with Crippen LogP contribution in [0, 0.1) is 5.82 Å². The number of alkyl halides is 1. The first-order chi connectivity index (χ1) is 11.5. The highest BCUT2D eigenvalue weighted by molar-refractivity contribution is 6.29. The van der Waals surface area contributed by atoms with Crippen molar-refractivity contribution in [1.29, 1.82) is 0 Å². The quantitative estimate of drug-likeness (QED) is 0.655. The number of hydrogen-bond donors (Lipinski definition) is 1. The molecule has 4 nitrogen and oxygen atoms in total. The van der Waals surface area contributed by atoms with E-state index in [1.807, 2.05) is 31.2 Å². The summed E-state index contributed by atoms with van der Waals surface area (Å²) in [6, 6.07) is 10.4. The lowest BCUT2D eigenvalue weighted by Crippen LogP contribution is -2.17. The highest BCUT2D eigenvalue weighted by atomic mass is 35.5. The second-order valence-electron chi connectivity index (χ2n) is 5.11. The molecule has 0 aromatic heterocycles. The van der Waals surface area contributed by atoms with E-state index in [1.165, 1.54) is 12.1 Å². The van der Waals surface area contributed by atoms with Gasteiger partial charge in [-0.05, 0) is 35.2 Å². The van der Waals surface area contributed by atoms with Crippen molar-refractivity contribution in [3.63, 3.8) is 0 Å². The first-order valence-electron chi connectivity index (χ1n) is 7.37. The van der Waals surface area contributed by atoms with Crippen LogP contribution in [-0.2, 0) is 16.0 Å². The Hall–Kier alpha value is -2.40. The lowest BCUT2D eigenvalue weighted by atomic mass is 9.99. The van der Waals surface area contributed by atoms with Crippen molar-refractivity contribution in [2.45, 2.75) is 13.3 Å². The zero-order chi connectivity index (χ0) is 17.7. The maximum atomic E-state index is 14.5. The fraction of sp³-hybridized carbons (Fsp3) is 0.222. The summed E-state index contributed by atoms with van der Waals surface area (Å²) in [6.45, 7) is 2.02. The number of amides is 1. The van der Waals surface area contributed by atoms with Gasteiger partial charge in [0, 0.05) is 0 Å². The van der Waals surface area contributed by atoms with Gasteiger partial charge >= 0.3 is 5.97 Å². The van der Waals surface area contributed by atoms with Gasteiger partial charge in [0.05, 0.1) is 12.8 Å². The van der Waals surface area contributed by atoms with E-state index >= 15 is 0 Å². The molecule has 1 amide bonds. The predicted molar refractivity (Wildman–Crippen MR) is 91.9 cm³/mol. The Bertz CT molecular complexity index is 777. The van der Waals surface area contributed by atoms with Gasteiger partial charge in [0.2, 0.25) is 5.91 Å². The number of rotatable bonds is 5. The van der Waals surface area contributed by atoms with E-state index < -0.39 is 17.7 Å². The molecule has 0 saturated carbocycles. The van der Waals surface area contributed by atoms with Crippen molar-refractivity contribution in [3.8, 4) is 11.1 Å². The molecule has 0 spiro atoms. The van der Waals surface area contributed by atoms with Crippen LogP contribution in [-0.4, -0.2) is 24.9 Å². The number of carbonyl (C=O) groups excluding carboxylic acids is 2. The standard InChI is InChI=1S/C18H17ClFNO3/c1-3-11-5-4-6-12(7-11)13-8-14(20)17(18(23)24-2)15(9-13)21-16(22)10-19/h4-9H,3,10H2,1-2H3,(H,21,22). The Balaban J connectivity index is 2.58. The molecule has 0 aliphatic rings. The minimum atomic E-state index is -0.869. The Labute approximate surface area is 144 Å². The highest BCUT2D eigenvalue weighted by Gasteiger charge is 2.21. The van der Waals surface area contributed by atoms with Crippen molar-refractivity contribution in [1.82, 2.24) is 0 Å². The van der Waals surface area contributed by atoms with E-state index in [2.05, 4.69) is 10.1 Å². The second-order valence-corrected chi connectivity index (χ2v) is 5.38. The molecule has 2 rings (SSSR count). The molecular formula is C18H17ClFNO3. The van der Waals surface area contributed by atoms with Crippen molar-refractivity contribution < 1.29 is 18.7 Å². The Morgan fingerprint density at radius 2 is 1.96 bits per heavy atom. The molecule has 0 saturated heterocycles. The lowest BCUT2D eigenvalue weighted by Gasteiger charge is -2.13. The molecule has 2 aromatic carbocycles. The van der Waals surface area contributed by atoms with Gasteiger partial charge in [-0.1, -0.05) is 31.2 Å². The van der Waals surface area contributed by atoms with Crippen molar-refractivity contribution >= 4 is 29.2 Å². The minimum absolute atomic E-state index is 0.0319. The molecule has 0 heterocycles. The summed E-state index contributed by atoms with van der Waals surface area (Å²) in [5, 5.41) is 2.44. The van der Waals surface area contributed by atoms with E-state index in [-0.39, 0.29) is 17.1 Å². The molecule has 0 aliphatic carbocycles. The molecule has 0 bridgehead atoms. The number of esters is 1. The Kier molecular flexibility index (Phi) is 5.93. The average molecular weight is 350 g/mol. The van der Waals surface area contributed by atoms with Gasteiger partial charge in [0.1, 0.15) is 17.3 Å². The Morgan fingerprint density at radius 3 is 2.58 bits per heavy atom. The molecule has 1 N–H and O–H groups in total. The summed E-state index contributed by atoms with van der Waals surface area (Å²) < 4.78 is 19.1. The number of benzene rings is 2. The molecule has 0 fully saturated rings. The van der Waals surface area contributed by atoms with Crippen LogP contribution < -0.4 is 5.32 Å². The normalized spacial score (nSPS) is 10.3. The summed E-state index contributed by atoms with van der Waals surface area (Å²) >= 11 is 5.48. The highest BCUT2D eigenvalue weighted by Crippen LogP contribution is 2.29. The zero-order valence-corrected chi connectivity index (χ0v) is 14.1. The Morgan fingerprint density at radius 1 is 1.21 bits per heavy atom. The van der Waals surface area contributed by atoms with E-state index in [0.717, 1.165) is 24.7 Å². The summed E-state index contributed by atoms with van der Waals surface area (Å²) in [5.41, 5.74) is 2.12. The number of aryl methyl sites for hydroxylation is 1. The third-order valence-corrected chi connectivity index (χ3v) is 3.79. The average Bonchev–Trinajstić information content (AvgIpc) is 2.60. The molecule has 24 heavy (non-hydrogen) atoms. The van der Waals surface area contributed by atoms with Crippen LogP contribution in [0.25, 0.3) is 11.1 Å². The molecule has 6 heteroatoms. The summed E-state index contributed by atoms with van der Waals surface area (Å²) in [6.07, 6.45) is 0.840. The van der Waals surface area contributed by atoms with Crippen LogP contribution in [0.4, 0.5) is 10.1 Å². The number of nitrogens with one attached hydrogen (secondary N) is 1. The van der Waals surface area contributed by atoms with E-state index in [1.54, 1.807) is 0 Å². The number of methoxy groups -OCH3 is 1. The topological polar surface area (TPSA) is 55.4 Å². The van der Waals surface area contributed by atoms with Gasteiger partial charge in [-0.3, -0.25) is 4.79 Å². The van der Waals surface area contributed by atoms with Gasteiger partial charge in [-0.15, -0.1) is 11.6 Å². The van der Waals surface area contributed by atoms with E-state index in [4.69, 9.17) is 11.6 Å². The molecule has 0 aliphatic heterocycles. The monoisotopic (exact) mass is 349 g/mol. The predicted octanol–water partition coefficient (Wildman–Crippen LogP) is 4.02. The lowest BCUT2D eigenvalue weighted by molar-refractivity contribution is -0.113. The summed E-state index contributed by atoms with van der Waals surface area (Å²) in [4.78, 5) is 23.4. The number of halogens is 2. The van der Waals surface area contributed by atoms with Crippen LogP contribution in [0.5, 0.6) is 0 Å². The number of carbonyl (C=O) groups is 2. The summed E-state index contributed by atoms with van der Waals surface area (Å²) in [5.74, 6) is -2.49. The first kappa shape index (κ1) is 17.9. The number of ether oxygens (including phenoxy) is 1. The molecule has 0 radical (unpaired) electrons. The van der Waals surface area contributed by atoms with Crippen LogP contribution >= 0.6 is 11.6 Å². The summed E-state index contributed by atoms with van der Waals surface area (Å²) in [7, 11) is 1.15. The van der Waals surface area contributed by atoms with Crippen LogP contribution in [0.15, 0.2) is 36.4 Å². The van der Waals surface area contributed by atoms with Crippen molar-refractivity contribution in [2.75, 3.05) is 18.3 Å². The van der Waals surface area contributed by atoms with Crippen LogP contribution in [0.3, 0.4) is 0 Å². The molecule has 0 unspecified atom stereocenters. The van der Waals surface area contributed by atoms with E-state index in [9.17, 15) is 14.0 Å². The third kappa shape index (κ3) is 3.92. The van der Waals surface area contributed by atoms with Crippen molar-refractivity contribution in [2.24, 2.45) is 0 Å². The van der Waals surface area contributed by atoms with Crippen molar-refractivity contribution in [3.05, 3.63) is 53.3 Å². The second kappa shape index (κ2) is 7.93. The number of hydrogen-bond acceptors (Lipinski definition) is 3. The fourth-order valence-corrected chi connectivity index (χ4v) is 2.40. The fourth-order valence-electron chi connectivity index (χ4n) is 2.34.